The molecule has 108 valence electrons. The number of benzene rings is 1. The zero-order chi connectivity index (χ0) is 14.8. The van der Waals surface area contributed by atoms with Crippen molar-refractivity contribution < 1.29 is 9.59 Å². The molecule has 0 spiro atoms. The highest BCUT2D eigenvalue weighted by Gasteiger charge is 2.33. The number of nitrogens with one attached hydrogen (secondary N) is 1. The van der Waals surface area contributed by atoms with Crippen molar-refractivity contribution >= 4 is 34.0 Å². The molecule has 1 aliphatic heterocycles. The van der Waals surface area contributed by atoms with Crippen LogP contribution in [0.1, 0.15) is 24.3 Å². The number of aromatic nitrogens is 2. The molecule has 1 aromatic carbocycles. The number of carbonyl (C=O) groups is 2. The summed E-state index contributed by atoms with van der Waals surface area (Å²) in [5.41, 5.74) is 0.900. The van der Waals surface area contributed by atoms with E-state index in [9.17, 15) is 9.59 Å². The van der Waals surface area contributed by atoms with Gasteiger partial charge >= 0.3 is 0 Å². The second-order valence-electron chi connectivity index (χ2n) is 4.87. The van der Waals surface area contributed by atoms with Crippen LogP contribution in [-0.4, -0.2) is 28.6 Å². The van der Waals surface area contributed by atoms with Crippen molar-refractivity contribution in [1.29, 1.82) is 0 Å². The predicted molar refractivity (Wildman–Crippen MR) is 80.4 cm³/mol. The average Bonchev–Trinajstić information content (AvgIpc) is 3.06. The standard InChI is InChI=1S/C14H14N4O2S/c1-9(19)15-14-17-16-13(21-14)10-7-12(20)18(8-10)11-5-3-2-4-6-11/h2-6,10H,7-8H2,1H3,(H,15,17,19)/t10-/m1/s1. The molecule has 0 unspecified atom stereocenters. The van der Waals surface area contributed by atoms with Crippen LogP contribution in [0.2, 0.25) is 0 Å². The van der Waals surface area contributed by atoms with E-state index in [1.54, 1.807) is 4.90 Å². The molecular weight excluding hydrogens is 288 g/mol. The minimum absolute atomic E-state index is 0.0257. The highest BCUT2D eigenvalue weighted by molar-refractivity contribution is 7.15. The van der Waals surface area contributed by atoms with Gasteiger partial charge in [-0.15, -0.1) is 10.2 Å². The van der Waals surface area contributed by atoms with E-state index in [0.717, 1.165) is 10.7 Å². The SMILES string of the molecule is CC(=O)Nc1nnc([C@@H]2CC(=O)N(c3ccccc3)C2)s1. The molecule has 1 aliphatic rings. The maximum Gasteiger partial charge on any atom is 0.227 e. The normalized spacial score (nSPS) is 18.0. The largest absolute Gasteiger partial charge is 0.312 e. The lowest BCUT2D eigenvalue weighted by Gasteiger charge is -2.15. The fourth-order valence-corrected chi connectivity index (χ4v) is 3.21. The van der Waals surface area contributed by atoms with E-state index >= 15 is 0 Å². The Morgan fingerprint density at radius 3 is 2.81 bits per heavy atom. The summed E-state index contributed by atoms with van der Waals surface area (Å²) in [4.78, 5) is 24.9. The summed E-state index contributed by atoms with van der Waals surface area (Å²) in [6.07, 6.45) is 0.420. The first-order valence-corrected chi connectivity index (χ1v) is 7.41. The van der Waals surface area contributed by atoms with Crippen molar-refractivity contribution in [2.24, 2.45) is 0 Å². The predicted octanol–water partition coefficient (Wildman–Crippen LogP) is 2.02. The van der Waals surface area contributed by atoms with Gasteiger partial charge in [0.25, 0.3) is 0 Å². The van der Waals surface area contributed by atoms with Crippen molar-refractivity contribution in [2.45, 2.75) is 19.3 Å². The Balaban J connectivity index is 1.75. The van der Waals surface area contributed by atoms with E-state index < -0.39 is 0 Å². The number of carbonyl (C=O) groups excluding carboxylic acids is 2. The molecule has 1 saturated heterocycles. The third kappa shape index (κ3) is 2.92. The Morgan fingerprint density at radius 2 is 2.10 bits per heavy atom. The molecule has 3 rings (SSSR count). The van der Waals surface area contributed by atoms with Crippen molar-refractivity contribution in [3.8, 4) is 0 Å². The molecule has 0 bridgehead atoms. The van der Waals surface area contributed by atoms with Crippen LogP contribution in [0.15, 0.2) is 30.3 Å². The number of amides is 2. The van der Waals surface area contributed by atoms with Gasteiger partial charge in [0.2, 0.25) is 16.9 Å². The summed E-state index contributed by atoms with van der Waals surface area (Å²) in [5, 5.41) is 11.9. The highest BCUT2D eigenvalue weighted by Crippen LogP contribution is 2.34. The van der Waals surface area contributed by atoms with Crippen molar-refractivity contribution in [2.75, 3.05) is 16.8 Å². The highest BCUT2D eigenvalue weighted by atomic mass is 32.1. The van der Waals surface area contributed by atoms with Gasteiger partial charge in [-0.25, -0.2) is 0 Å². The van der Waals surface area contributed by atoms with E-state index in [4.69, 9.17) is 0 Å². The lowest BCUT2D eigenvalue weighted by atomic mass is 10.1. The fraction of sp³-hybridized carbons (Fsp3) is 0.286. The van der Waals surface area contributed by atoms with Crippen LogP contribution >= 0.6 is 11.3 Å². The minimum Gasteiger partial charge on any atom is -0.312 e. The van der Waals surface area contributed by atoms with Gasteiger partial charge in [-0.2, -0.15) is 0 Å². The smallest absolute Gasteiger partial charge is 0.227 e. The summed E-state index contributed by atoms with van der Waals surface area (Å²) in [7, 11) is 0. The van der Waals surface area contributed by atoms with E-state index in [2.05, 4.69) is 15.5 Å². The van der Waals surface area contributed by atoms with Crippen molar-refractivity contribution in [3.63, 3.8) is 0 Å². The van der Waals surface area contributed by atoms with Gasteiger partial charge in [-0.3, -0.25) is 9.59 Å². The van der Waals surface area contributed by atoms with Crippen LogP contribution in [0.25, 0.3) is 0 Å². The number of hydrogen-bond donors (Lipinski definition) is 1. The van der Waals surface area contributed by atoms with Gasteiger partial charge < -0.3 is 10.2 Å². The van der Waals surface area contributed by atoms with E-state index in [-0.39, 0.29) is 17.7 Å². The molecule has 1 atom stereocenters. The maximum atomic E-state index is 12.2. The van der Waals surface area contributed by atoms with Crippen LogP contribution in [0.4, 0.5) is 10.8 Å². The molecule has 2 amide bonds. The zero-order valence-electron chi connectivity index (χ0n) is 11.4. The van der Waals surface area contributed by atoms with Crippen LogP contribution in [-0.2, 0) is 9.59 Å². The Bertz CT molecular complexity index is 671. The fourth-order valence-electron chi connectivity index (χ4n) is 2.33. The molecule has 1 fully saturated rings. The summed E-state index contributed by atoms with van der Waals surface area (Å²) in [6, 6.07) is 9.59. The molecular formula is C14H14N4O2S. The van der Waals surface area contributed by atoms with E-state index in [1.807, 2.05) is 30.3 Å². The average molecular weight is 302 g/mol. The Kier molecular flexibility index (Phi) is 3.66. The van der Waals surface area contributed by atoms with E-state index in [0.29, 0.717) is 18.1 Å². The molecule has 6 nitrogen and oxygen atoms in total. The number of hydrogen-bond acceptors (Lipinski definition) is 5. The van der Waals surface area contributed by atoms with Crippen LogP contribution in [0, 0.1) is 0 Å². The van der Waals surface area contributed by atoms with Gasteiger partial charge in [0, 0.05) is 31.5 Å². The first-order chi connectivity index (χ1) is 10.1. The first-order valence-electron chi connectivity index (χ1n) is 6.60. The van der Waals surface area contributed by atoms with E-state index in [1.165, 1.54) is 18.3 Å². The van der Waals surface area contributed by atoms with Crippen molar-refractivity contribution in [1.82, 2.24) is 10.2 Å². The molecule has 0 aliphatic carbocycles. The quantitative estimate of drug-likeness (QED) is 0.941. The summed E-state index contributed by atoms with van der Waals surface area (Å²) < 4.78 is 0. The topological polar surface area (TPSA) is 75.2 Å². The van der Waals surface area contributed by atoms with Crippen molar-refractivity contribution in [3.05, 3.63) is 35.3 Å². The zero-order valence-corrected chi connectivity index (χ0v) is 12.3. The molecule has 1 aromatic heterocycles. The number of rotatable bonds is 3. The monoisotopic (exact) mass is 302 g/mol. The van der Waals surface area contributed by atoms with Gasteiger partial charge in [0.15, 0.2) is 0 Å². The molecule has 1 N–H and O–H groups in total. The Labute approximate surface area is 125 Å². The van der Waals surface area contributed by atoms with Crippen LogP contribution in [0.5, 0.6) is 0 Å². The molecule has 21 heavy (non-hydrogen) atoms. The molecule has 0 radical (unpaired) electrons. The number of nitrogens with zero attached hydrogens (tertiary/aromatic N) is 3. The molecule has 0 saturated carbocycles. The lowest BCUT2D eigenvalue weighted by Crippen LogP contribution is -2.24. The van der Waals surface area contributed by atoms with Crippen LogP contribution in [0.3, 0.4) is 0 Å². The number of para-hydroxylation sites is 1. The summed E-state index contributed by atoms with van der Waals surface area (Å²) in [6.45, 7) is 2.02. The maximum absolute atomic E-state index is 12.2. The summed E-state index contributed by atoms with van der Waals surface area (Å²) in [5.74, 6) is -0.0636. The second-order valence-corrected chi connectivity index (χ2v) is 5.88. The molecule has 2 heterocycles. The second kappa shape index (κ2) is 5.61. The third-order valence-corrected chi connectivity index (χ3v) is 4.27. The number of anilines is 2. The lowest BCUT2D eigenvalue weighted by molar-refractivity contribution is -0.117. The summed E-state index contributed by atoms with van der Waals surface area (Å²) >= 11 is 1.32. The van der Waals surface area contributed by atoms with Crippen LogP contribution < -0.4 is 10.2 Å². The first kappa shape index (κ1) is 13.7. The van der Waals surface area contributed by atoms with Gasteiger partial charge in [-0.05, 0) is 12.1 Å². The third-order valence-electron chi connectivity index (χ3n) is 3.27. The molecule has 2 aromatic rings. The molecule has 7 heteroatoms. The van der Waals surface area contributed by atoms with Gasteiger partial charge in [-0.1, -0.05) is 29.5 Å². The van der Waals surface area contributed by atoms with Gasteiger partial charge in [0.05, 0.1) is 0 Å². The Hall–Kier alpha value is -2.28. The van der Waals surface area contributed by atoms with Gasteiger partial charge in [0.1, 0.15) is 5.01 Å². The minimum atomic E-state index is -0.175. The Morgan fingerprint density at radius 1 is 1.33 bits per heavy atom.